The number of rotatable bonds is 1. The van der Waals surface area contributed by atoms with Crippen molar-refractivity contribution in [2.24, 2.45) is 11.7 Å². The van der Waals surface area contributed by atoms with E-state index in [1.54, 1.807) is 0 Å². The van der Waals surface area contributed by atoms with Crippen molar-refractivity contribution >= 4 is 17.1 Å². The van der Waals surface area contributed by atoms with Crippen molar-refractivity contribution in [3.8, 4) is 0 Å². The molecule has 102 valence electrons. The molecule has 6 N–H and O–H groups in total. The van der Waals surface area contributed by atoms with Gasteiger partial charge < -0.3 is 16.5 Å². The van der Waals surface area contributed by atoms with Crippen molar-refractivity contribution in [2.75, 3.05) is 5.73 Å². The van der Waals surface area contributed by atoms with Crippen LogP contribution in [0, 0.1) is 5.92 Å². The third kappa shape index (κ3) is 1.99. The Labute approximate surface area is 109 Å². The Hall–Kier alpha value is -1.89. The van der Waals surface area contributed by atoms with Crippen molar-refractivity contribution in [3.05, 3.63) is 16.2 Å². The molecule has 0 amide bonds. The maximum absolute atomic E-state index is 11.8. The zero-order chi connectivity index (χ0) is 13.6. The normalized spacial score (nSPS) is 27.8. The van der Waals surface area contributed by atoms with Gasteiger partial charge in [-0.25, -0.2) is 4.98 Å². The Morgan fingerprint density at radius 3 is 2.63 bits per heavy atom. The molecule has 0 unspecified atom stereocenters. The van der Waals surface area contributed by atoms with Crippen molar-refractivity contribution in [1.29, 1.82) is 0 Å². The molecule has 7 heteroatoms. The van der Waals surface area contributed by atoms with Crippen LogP contribution in [-0.4, -0.2) is 19.9 Å². The standard InChI is InChI=1S/C12H18N6O/c1-6-2-4-12(14,5-3-6)10-15-7-8(16-10)17-11(13)18-9(7)19/h6H,2-5,14H2,1H3,(H4,13,15,16,17,18,19). The van der Waals surface area contributed by atoms with Gasteiger partial charge in [0.1, 0.15) is 5.82 Å². The SMILES string of the molecule is CC1CCC(N)(c2nc3nc(N)[nH]c(=O)c3[nH]2)CC1. The van der Waals surface area contributed by atoms with Gasteiger partial charge in [0, 0.05) is 0 Å². The molecule has 2 heterocycles. The number of nitrogens with one attached hydrogen (secondary N) is 2. The number of nitrogen functional groups attached to an aromatic ring is 1. The molecule has 0 aromatic carbocycles. The topological polar surface area (TPSA) is 126 Å². The highest BCUT2D eigenvalue weighted by Crippen LogP contribution is 2.36. The number of fused-ring (bicyclic) bond motifs is 1. The summed E-state index contributed by atoms with van der Waals surface area (Å²) in [6, 6.07) is 0. The molecule has 19 heavy (non-hydrogen) atoms. The lowest BCUT2D eigenvalue weighted by Gasteiger charge is -2.34. The fourth-order valence-electron chi connectivity index (χ4n) is 2.67. The van der Waals surface area contributed by atoms with Gasteiger partial charge in [-0.2, -0.15) is 4.98 Å². The summed E-state index contributed by atoms with van der Waals surface area (Å²) in [4.78, 5) is 25.6. The number of hydrogen-bond donors (Lipinski definition) is 4. The van der Waals surface area contributed by atoms with Crippen molar-refractivity contribution in [2.45, 2.75) is 38.1 Å². The highest BCUT2D eigenvalue weighted by Gasteiger charge is 2.35. The van der Waals surface area contributed by atoms with Crippen LogP contribution in [0.15, 0.2) is 4.79 Å². The zero-order valence-electron chi connectivity index (χ0n) is 10.9. The monoisotopic (exact) mass is 262 g/mol. The van der Waals surface area contributed by atoms with Gasteiger partial charge in [-0.3, -0.25) is 9.78 Å². The summed E-state index contributed by atoms with van der Waals surface area (Å²) in [7, 11) is 0. The number of aromatic nitrogens is 4. The van der Waals surface area contributed by atoms with Crippen LogP contribution >= 0.6 is 0 Å². The first kappa shape index (κ1) is 12.2. The predicted octanol–water partition coefficient (Wildman–Crippen LogP) is 0.592. The highest BCUT2D eigenvalue weighted by atomic mass is 16.1. The van der Waals surface area contributed by atoms with Gasteiger partial charge in [0.15, 0.2) is 11.2 Å². The Kier molecular flexibility index (Phi) is 2.60. The third-order valence-electron chi connectivity index (χ3n) is 4.02. The van der Waals surface area contributed by atoms with Crippen LogP contribution in [0.5, 0.6) is 0 Å². The summed E-state index contributed by atoms with van der Waals surface area (Å²) in [5.41, 5.74) is 11.8. The molecule has 0 bridgehead atoms. The lowest BCUT2D eigenvalue weighted by molar-refractivity contribution is 0.238. The van der Waals surface area contributed by atoms with Crippen LogP contribution in [0.25, 0.3) is 11.2 Å². The van der Waals surface area contributed by atoms with E-state index in [2.05, 4.69) is 26.9 Å². The average Bonchev–Trinajstić information content (AvgIpc) is 2.78. The molecule has 2 aromatic rings. The molecule has 3 rings (SSSR count). The molecule has 0 saturated heterocycles. The Morgan fingerprint density at radius 1 is 1.26 bits per heavy atom. The van der Waals surface area contributed by atoms with Gasteiger partial charge in [0.25, 0.3) is 5.56 Å². The van der Waals surface area contributed by atoms with E-state index >= 15 is 0 Å². The minimum Gasteiger partial charge on any atom is -0.369 e. The number of hydrogen-bond acceptors (Lipinski definition) is 5. The molecule has 1 fully saturated rings. The highest BCUT2D eigenvalue weighted by molar-refractivity contribution is 5.70. The molecule has 0 aliphatic heterocycles. The Balaban J connectivity index is 2.06. The Bertz CT molecular complexity index is 664. The molecule has 7 nitrogen and oxygen atoms in total. The van der Waals surface area contributed by atoms with Gasteiger partial charge >= 0.3 is 0 Å². The predicted molar refractivity (Wildman–Crippen MR) is 72.4 cm³/mol. The Morgan fingerprint density at radius 2 is 1.95 bits per heavy atom. The first-order valence-electron chi connectivity index (χ1n) is 6.53. The van der Waals surface area contributed by atoms with E-state index in [0.29, 0.717) is 22.9 Å². The van der Waals surface area contributed by atoms with Crippen molar-refractivity contribution < 1.29 is 0 Å². The fraction of sp³-hybridized carbons (Fsp3) is 0.583. The molecule has 0 atom stereocenters. The number of aromatic amines is 2. The second-order valence-corrected chi connectivity index (χ2v) is 5.57. The number of imidazole rings is 1. The van der Waals surface area contributed by atoms with Crippen LogP contribution in [0.3, 0.4) is 0 Å². The largest absolute Gasteiger partial charge is 0.369 e. The van der Waals surface area contributed by atoms with E-state index in [1.807, 2.05) is 0 Å². The second kappa shape index (κ2) is 4.06. The van der Waals surface area contributed by atoms with E-state index < -0.39 is 5.54 Å². The molecule has 0 spiro atoms. The van der Waals surface area contributed by atoms with Gasteiger partial charge in [-0.1, -0.05) is 6.92 Å². The molecule has 2 aromatic heterocycles. The average molecular weight is 262 g/mol. The van der Waals surface area contributed by atoms with Gasteiger partial charge in [-0.15, -0.1) is 0 Å². The third-order valence-corrected chi connectivity index (χ3v) is 4.02. The van der Waals surface area contributed by atoms with Crippen LogP contribution in [0.4, 0.5) is 5.95 Å². The van der Waals surface area contributed by atoms with Crippen LogP contribution < -0.4 is 17.0 Å². The maximum Gasteiger partial charge on any atom is 0.278 e. The van der Waals surface area contributed by atoms with Gasteiger partial charge in [0.05, 0.1) is 5.54 Å². The lowest BCUT2D eigenvalue weighted by Crippen LogP contribution is -2.41. The number of anilines is 1. The van der Waals surface area contributed by atoms with E-state index in [-0.39, 0.29) is 11.5 Å². The minimum absolute atomic E-state index is 0.0684. The second-order valence-electron chi connectivity index (χ2n) is 5.57. The van der Waals surface area contributed by atoms with Crippen LogP contribution in [-0.2, 0) is 5.54 Å². The molecule has 1 aliphatic rings. The maximum atomic E-state index is 11.8. The zero-order valence-corrected chi connectivity index (χ0v) is 10.9. The fourth-order valence-corrected chi connectivity index (χ4v) is 2.67. The first-order valence-corrected chi connectivity index (χ1v) is 6.53. The molecule has 1 saturated carbocycles. The first-order chi connectivity index (χ1) is 8.98. The summed E-state index contributed by atoms with van der Waals surface area (Å²) >= 11 is 0. The molecular formula is C12H18N6O. The summed E-state index contributed by atoms with van der Waals surface area (Å²) < 4.78 is 0. The van der Waals surface area contributed by atoms with E-state index in [1.165, 1.54) is 0 Å². The van der Waals surface area contributed by atoms with E-state index in [9.17, 15) is 4.79 Å². The lowest BCUT2D eigenvalue weighted by atomic mass is 9.77. The minimum atomic E-state index is -0.492. The number of nitrogens with two attached hydrogens (primary N) is 2. The van der Waals surface area contributed by atoms with Gasteiger partial charge in [-0.05, 0) is 31.6 Å². The van der Waals surface area contributed by atoms with E-state index in [4.69, 9.17) is 11.5 Å². The summed E-state index contributed by atoms with van der Waals surface area (Å²) in [6.07, 6.45) is 3.86. The van der Waals surface area contributed by atoms with Crippen molar-refractivity contribution in [1.82, 2.24) is 19.9 Å². The molecule has 0 radical (unpaired) electrons. The molecular weight excluding hydrogens is 244 g/mol. The summed E-state index contributed by atoms with van der Waals surface area (Å²) in [5.74, 6) is 1.40. The van der Waals surface area contributed by atoms with Crippen LogP contribution in [0.2, 0.25) is 0 Å². The molecule has 1 aliphatic carbocycles. The van der Waals surface area contributed by atoms with Gasteiger partial charge in [0.2, 0.25) is 5.95 Å². The summed E-state index contributed by atoms with van der Waals surface area (Å²) in [6.45, 7) is 2.23. The number of H-pyrrole nitrogens is 2. The van der Waals surface area contributed by atoms with Crippen molar-refractivity contribution in [3.63, 3.8) is 0 Å². The van der Waals surface area contributed by atoms with E-state index in [0.717, 1.165) is 25.7 Å². The summed E-state index contributed by atoms with van der Waals surface area (Å²) in [5, 5.41) is 0. The number of nitrogens with zero attached hydrogens (tertiary/aromatic N) is 2. The smallest absolute Gasteiger partial charge is 0.278 e. The quantitative estimate of drug-likeness (QED) is 0.598. The van der Waals surface area contributed by atoms with Crippen LogP contribution in [0.1, 0.15) is 38.4 Å².